The topological polar surface area (TPSA) is 46.6 Å². The molecule has 1 saturated heterocycles. The molecule has 4 nitrogen and oxygen atoms in total. The zero-order valence-corrected chi connectivity index (χ0v) is 17.0. The number of hydrogen-bond acceptors (Lipinski definition) is 3. The third kappa shape index (κ3) is 5.82. The quantitative estimate of drug-likeness (QED) is 0.460. The number of rotatable bonds is 9. The predicted molar refractivity (Wildman–Crippen MR) is 111 cm³/mol. The summed E-state index contributed by atoms with van der Waals surface area (Å²) in [7, 11) is 1.38. The van der Waals surface area contributed by atoms with Crippen molar-refractivity contribution in [2.24, 2.45) is 5.92 Å². The molecule has 3 rings (SSSR count). The van der Waals surface area contributed by atoms with E-state index in [0.29, 0.717) is 18.5 Å². The van der Waals surface area contributed by atoms with Gasteiger partial charge in [0.05, 0.1) is 18.7 Å². The van der Waals surface area contributed by atoms with Crippen molar-refractivity contribution in [3.63, 3.8) is 0 Å². The number of esters is 1. The lowest BCUT2D eigenvalue weighted by molar-refractivity contribution is -0.128. The third-order valence-electron chi connectivity index (χ3n) is 5.75. The first kappa shape index (κ1) is 20.4. The highest BCUT2D eigenvalue weighted by Crippen LogP contribution is 2.34. The molecule has 0 unspecified atom stereocenters. The SMILES string of the molecule is COC(=O)c1ccc(CCN2C(=O)CC[C@@H]2/C=C/C=C(\C)CCC2CC2)cc1. The molecule has 0 bridgehead atoms. The molecule has 2 aliphatic rings. The van der Waals surface area contributed by atoms with E-state index in [0.717, 1.165) is 24.3 Å². The molecule has 2 fully saturated rings. The van der Waals surface area contributed by atoms with Crippen molar-refractivity contribution in [3.05, 3.63) is 59.2 Å². The van der Waals surface area contributed by atoms with Crippen molar-refractivity contribution in [2.45, 2.75) is 57.9 Å². The van der Waals surface area contributed by atoms with Gasteiger partial charge in [-0.05, 0) is 56.2 Å². The first-order valence-corrected chi connectivity index (χ1v) is 10.4. The van der Waals surface area contributed by atoms with Crippen molar-refractivity contribution >= 4 is 11.9 Å². The van der Waals surface area contributed by atoms with Gasteiger partial charge in [0.2, 0.25) is 5.91 Å². The van der Waals surface area contributed by atoms with E-state index in [9.17, 15) is 9.59 Å². The molecule has 1 heterocycles. The summed E-state index contributed by atoms with van der Waals surface area (Å²) in [5, 5.41) is 0. The van der Waals surface area contributed by atoms with Crippen LogP contribution < -0.4 is 0 Å². The Morgan fingerprint density at radius 3 is 2.64 bits per heavy atom. The molecule has 1 aromatic rings. The molecule has 0 aromatic heterocycles. The Morgan fingerprint density at radius 1 is 1.21 bits per heavy atom. The number of ether oxygens (including phenoxy) is 1. The van der Waals surface area contributed by atoms with E-state index in [4.69, 9.17) is 4.74 Å². The minimum absolute atomic E-state index is 0.189. The molecule has 150 valence electrons. The van der Waals surface area contributed by atoms with Gasteiger partial charge in [-0.25, -0.2) is 4.79 Å². The number of carbonyl (C=O) groups is 2. The molecule has 1 atom stereocenters. The van der Waals surface area contributed by atoms with E-state index in [1.54, 1.807) is 12.1 Å². The Balaban J connectivity index is 1.51. The number of amides is 1. The Bertz CT molecular complexity index is 744. The van der Waals surface area contributed by atoms with Crippen molar-refractivity contribution < 1.29 is 14.3 Å². The van der Waals surface area contributed by atoms with Crippen LogP contribution in [0, 0.1) is 5.92 Å². The van der Waals surface area contributed by atoms with Gasteiger partial charge < -0.3 is 9.64 Å². The van der Waals surface area contributed by atoms with Crippen LogP contribution in [0.5, 0.6) is 0 Å². The summed E-state index contributed by atoms with van der Waals surface area (Å²) in [6.07, 6.45) is 14.1. The molecule has 0 radical (unpaired) electrons. The summed E-state index contributed by atoms with van der Waals surface area (Å²) < 4.78 is 4.73. The predicted octanol–water partition coefficient (Wildman–Crippen LogP) is 4.70. The summed E-state index contributed by atoms with van der Waals surface area (Å²) in [5.74, 6) is 0.874. The maximum Gasteiger partial charge on any atom is 0.337 e. The number of allylic oxidation sites excluding steroid dienone is 3. The van der Waals surface area contributed by atoms with Crippen molar-refractivity contribution in [1.29, 1.82) is 0 Å². The van der Waals surface area contributed by atoms with Gasteiger partial charge in [0.25, 0.3) is 0 Å². The summed E-state index contributed by atoms with van der Waals surface area (Å²) in [6, 6.07) is 7.61. The van der Waals surface area contributed by atoms with Crippen molar-refractivity contribution in [2.75, 3.05) is 13.7 Å². The first-order valence-electron chi connectivity index (χ1n) is 10.4. The van der Waals surface area contributed by atoms with Gasteiger partial charge in [0.1, 0.15) is 0 Å². The Labute approximate surface area is 168 Å². The molecular weight excluding hydrogens is 350 g/mol. The van der Waals surface area contributed by atoms with E-state index in [1.165, 1.54) is 38.4 Å². The standard InChI is InChI=1S/C24H31NO3/c1-18(6-7-19-8-9-19)4-3-5-22-14-15-23(26)25(22)17-16-20-10-12-21(13-11-20)24(27)28-2/h3-5,10-13,19,22H,6-9,14-17H2,1-2H3/b5-3+,18-4+/t22-/m0/s1. The fraction of sp³-hybridized carbons (Fsp3) is 0.500. The highest BCUT2D eigenvalue weighted by Gasteiger charge is 2.28. The number of hydrogen-bond donors (Lipinski definition) is 0. The molecular formula is C24H31NO3. The number of carbonyl (C=O) groups excluding carboxylic acids is 2. The van der Waals surface area contributed by atoms with Gasteiger partial charge in [-0.2, -0.15) is 0 Å². The summed E-state index contributed by atoms with van der Waals surface area (Å²) in [4.78, 5) is 25.8. The average molecular weight is 382 g/mol. The van der Waals surface area contributed by atoms with Crippen LogP contribution in [0.2, 0.25) is 0 Å². The normalized spacial score (nSPS) is 20.2. The minimum Gasteiger partial charge on any atom is -0.465 e. The molecule has 4 heteroatoms. The lowest BCUT2D eigenvalue weighted by Gasteiger charge is -2.22. The molecule has 1 aliphatic carbocycles. The molecule has 1 aromatic carbocycles. The maximum absolute atomic E-state index is 12.3. The maximum atomic E-state index is 12.3. The zero-order valence-electron chi connectivity index (χ0n) is 17.0. The van der Waals surface area contributed by atoms with Gasteiger partial charge in [-0.3, -0.25) is 4.79 Å². The monoisotopic (exact) mass is 381 g/mol. The lowest BCUT2D eigenvalue weighted by Crippen LogP contribution is -2.33. The minimum atomic E-state index is -0.327. The van der Waals surface area contributed by atoms with Gasteiger partial charge in [0, 0.05) is 13.0 Å². The molecule has 1 amide bonds. The Hall–Kier alpha value is -2.36. The smallest absolute Gasteiger partial charge is 0.337 e. The molecule has 0 spiro atoms. The van der Waals surface area contributed by atoms with E-state index < -0.39 is 0 Å². The van der Waals surface area contributed by atoms with E-state index in [-0.39, 0.29) is 17.9 Å². The fourth-order valence-corrected chi connectivity index (χ4v) is 3.69. The van der Waals surface area contributed by atoms with E-state index in [2.05, 4.69) is 25.2 Å². The van der Waals surface area contributed by atoms with E-state index >= 15 is 0 Å². The summed E-state index contributed by atoms with van der Waals surface area (Å²) >= 11 is 0. The van der Waals surface area contributed by atoms with Crippen LogP contribution >= 0.6 is 0 Å². The van der Waals surface area contributed by atoms with Gasteiger partial charge >= 0.3 is 5.97 Å². The number of benzene rings is 1. The second kappa shape index (κ2) is 9.72. The van der Waals surface area contributed by atoms with Crippen molar-refractivity contribution in [3.8, 4) is 0 Å². The zero-order chi connectivity index (χ0) is 19.9. The van der Waals surface area contributed by atoms with Crippen LogP contribution in [0.3, 0.4) is 0 Å². The highest BCUT2D eigenvalue weighted by molar-refractivity contribution is 5.89. The second-order valence-corrected chi connectivity index (χ2v) is 8.01. The first-order chi connectivity index (χ1) is 13.6. The number of nitrogens with zero attached hydrogens (tertiary/aromatic N) is 1. The van der Waals surface area contributed by atoms with Gasteiger partial charge in [0.15, 0.2) is 0 Å². The van der Waals surface area contributed by atoms with Crippen molar-refractivity contribution in [1.82, 2.24) is 4.90 Å². The molecule has 1 saturated carbocycles. The van der Waals surface area contributed by atoms with Crippen LogP contribution in [0.1, 0.15) is 61.4 Å². The molecule has 28 heavy (non-hydrogen) atoms. The fourth-order valence-electron chi connectivity index (χ4n) is 3.69. The van der Waals surface area contributed by atoms with Gasteiger partial charge in [-0.1, -0.05) is 48.8 Å². The lowest BCUT2D eigenvalue weighted by atomic mass is 10.1. The van der Waals surface area contributed by atoms with Crippen LogP contribution in [-0.4, -0.2) is 36.5 Å². The van der Waals surface area contributed by atoms with E-state index in [1.807, 2.05) is 17.0 Å². The largest absolute Gasteiger partial charge is 0.465 e. The average Bonchev–Trinajstić information content (AvgIpc) is 3.48. The number of methoxy groups -OCH3 is 1. The third-order valence-corrected chi connectivity index (χ3v) is 5.75. The van der Waals surface area contributed by atoms with Crippen LogP contribution in [0.25, 0.3) is 0 Å². The van der Waals surface area contributed by atoms with Crippen LogP contribution in [0.15, 0.2) is 48.1 Å². The molecule has 0 N–H and O–H groups in total. The Kier molecular flexibility index (Phi) is 7.07. The van der Waals surface area contributed by atoms with Gasteiger partial charge in [-0.15, -0.1) is 0 Å². The summed E-state index contributed by atoms with van der Waals surface area (Å²) in [5.41, 5.74) is 3.09. The number of likely N-dealkylation sites (tertiary alicyclic amines) is 1. The Morgan fingerprint density at radius 2 is 1.96 bits per heavy atom. The second-order valence-electron chi connectivity index (χ2n) is 8.01. The summed E-state index contributed by atoms with van der Waals surface area (Å²) in [6.45, 7) is 2.90. The highest BCUT2D eigenvalue weighted by atomic mass is 16.5. The van der Waals surface area contributed by atoms with Crippen LogP contribution in [-0.2, 0) is 16.0 Å². The van der Waals surface area contributed by atoms with Crippen LogP contribution in [0.4, 0.5) is 0 Å². The molecule has 1 aliphatic heterocycles.